The van der Waals surface area contributed by atoms with Crippen LogP contribution in [0.25, 0.3) is 0 Å². The topological polar surface area (TPSA) is 46.5 Å². The summed E-state index contributed by atoms with van der Waals surface area (Å²) in [6.07, 6.45) is 14.9. The third-order valence-electron chi connectivity index (χ3n) is 13.0. The second-order valence-corrected chi connectivity index (χ2v) is 21.0. The standard InChI is InChI=1S/C33H60O3Si/c1-10-11-12-13-18-33(7,35)29-15-14-25-24-22-28(34)27-21-23(36-37(8,9)30(2,3)4)16-19-31(27,5)26(24)17-20-32(25,29)6/h23-27,29,35H,10-22H2,1-9H3/t23-,24-,25-,26-,27+,29-,31+,32-,33-/m0/s1. The highest BCUT2D eigenvalue weighted by Crippen LogP contribution is 2.68. The average molecular weight is 533 g/mol. The number of rotatable bonds is 8. The van der Waals surface area contributed by atoms with Gasteiger partial charge in [-0.15, -0.1) is 0 Å². The maximum Gasteiger partial charge on any atom is 0.192 e. The monoisotopic (exact) mass is 532 g/mol. The molecule has 0 amide bonds. The molecule has 0 aliphatic heterocycles. The van der Waals surface area contributed by atoms with Crippen LogP contribution in [0.5, 0.6) is 0 Å². The first-order valence-corrected chi connectivity index (χ1v) is 18.9. The van der Waals surface area contributed by atoms with E-state index in [2.05, 4.69) is 61.6 Å². The lowest BCUT2D eigenvalue weighted by molar-refractivity contribution is -0.163. The molecule has 1 N–H and O–H groups in total. The van der Waals surface area contributed by atoms with E-state index < -0.39 is 13.9 Å². The van der Waals surface area contributed by atoms with Crippen LogP contribution in [0.4, 0.5) is 0 Å². The Kier molecular flexibility index (Phi) is 8.31. The molecule has 0 heterocycles. The van der Waals surface area contributed by atoms with Gasteiger partial charge in [0.1, 0.15) is 5.78 Å². The van der Waals surface area contributed by atoms with Crippen molar-refractivity contribution in [2.45, 2.75) is 162 Å². The quantitative estimate of drug-likeness (QED) is 0.251. The van der Waals surface area contributed by atoms with Crippen molar-refractivity contribution in [3.8, 4) is 0 Å². The molecule has 4 saturated carbocycles. The van der Waals surface area contributed by atoms with Gasteiger partial charge in [0.25, 0.3) is 0 Å². The molecule has 0 spiro atoms. The van der Waals surface area contributed by atoms with E-state index in [0.717, 1.165) is 44.9 Å². The van der Waals surface area contributed by atoms with Gasteiger partial charge in [0, 0.05) is 18.4 Å². The fourth-order valence-corrected chi connectivity index (χ4v) is 11.2. The molecule has 0 aromatic heterocycles. The molecule has 0 saturated heterocycles. The Morgan fingerprint density at radius 2 is 1.59 bits per heavy atom. The van der Waals surface area contributed by atoms with E-state index in [-0.39, 0.29) is 27.9 Å². The van der Waals surface area contributed by atoms with Gasteiger partial charge in [-0.25, -0.2) is 0 Å². The van der Waals surface area contributed by atoms with E-state index in [1.165, 1.54) is 38.5 Å². The van der Waals surface area contributed by atoms with Gasteiger partial charge in [0.2, 0.25) is 0 Å². The summed E-state index contributed by atoms with van der Waals surface area (Å²) in [5.74, 6) is 2.87. The molecule has 4 aliphatic rings. The van der Waals surface area contributed by atoms with Gasteiger partial charge in [-0.05, 0) is 111 Å². The number of carbonyl (C=O) groups excluding carboxylic acids is 1. The predicted molar refractivity (Wildman–Crippen MR) is 157 cm³/mol. The summed E-state index contributed by atoms with van der Waals surface area (Å²) in [5, 5.41) is 11.9. The first-order valence-electron chi connectivity index (χ1n) is 16.0. The molecule has 0 radical (unpaired) electrons. The number of ketones is 1. The van der Waals surface area contributed by atoms with Gasteiger partial charge < -0.3 is 9.53 Å². The van der Waals surface area contributed by atoms with Crippen LogP contribution in [0.15, 0.2) is 0 Å². The Morgan fingerprint density at radius 1 is 0.946 bits per heavy atom. The number of hydrogen-bond donors (Lipinski definition) is 1. The molecule has 4 aliphatic carbocycles. The van der Waals surface area contributed by atoms with Crippen molar-refractivity contribution in [2.24, 2.45) is 40.4 Å². The van der Waals surface area contributed by atoms with Crippen LogP contribution in [0.3, 0.4) is 0 Å². The van der Waals surface area contributed by atoms with Crippen LogP contribution in [0.1, 0.15) is 132 Å². The minimum Gasteiger partial charge on any atom is -0.414 e. The fourth-order valence-electron chi connectivity index (χ4n) is 9.81. The normalized spacial score (nSPS) is 42.1. The van der Waals surface area contributed by atoms with Crippen molar-refractivity contribution in [1.82, 2.24) is 0 Å². The van der Waals surface area contributed by atoms with Crippen molar-refractivity contribution in [1.29, 1.82) is 0 Å². The zero-order valence-electron chi connectivity index (χ0n) is 25.9. The first-order chi connectivity index (χ1) is 17.1. The molecule has 9 atom stereocenters. The van der Waals surface area contributed by atoms with Gasteiger partial charge in [-0.1, -0.05) is 67.2 Å². The molecule has 37 heavy (non-hydrogen) atoms. The molecular formula is C33H60O3Si. The van der Waals surface area contributed by atoms with E-state index in [4.69, 9.17) is 4.43 Å². The summed E-state index contributed by atoms with van der Waals surface area (Å²) in [7, 11) is -1.83. The highest BCUT2D eigenvalue weighted by molar-refractivity contribution is 6.74. The van der Waals surface area contributed by atoms with E-state index in [0.29, 0.717) is 29.5 Å². The number of unbranched alkanes of at least 4 members (excludes halogenated alkanes) is 3. The molecule has 0 aromatic rings. The van der Waals surface area contributed by atoms with Crippen LogP contribution in [-0.4, -0.2) is 30.9 Å². The molecule has 0 bridgehead atoms. The lowest BCUT2D eigenvalue weighted by Crippen LogP contribution is -2.58. The van der Waals surface area contributed by atoms with Gasteiger partial charge >= 0.3 is 0 Å². The largest absolute Gasteiger partial charge is 0.414 e. The predicted octanol–water partition coefficient (Wildman–Crippen LogP) is 8.94. The van der Waals surface area contributed by atoms with Crippen LogP contribution >= 0.6 is 0 Å². The van der Waals surface area contributed by atoms with E-state index >= 15 is 0 Å². The summed E-state index contributed by atoms with van der Waals surface area (Å²) in [5.41, 5.74) is -0.259. The average Bonchev–Trinajstić information content (AvgIpc) is 3.15. The molecular weight excluding hydrogens is 472 g/mol. The molecule has 4 fully saturated rings. The SMILES string of the molecule is CCCCCC[C@](C)(O)[C@H]1CC[C@H]2[C@@H]3CC(=O)[C@H]4C[C@@H](O[Si](C)(C)C(C)(C)C)CC[C@]4(C)[C@H]3CC[C@@]21C. The molecule has 4 rings (SSSR count). The fraction of sp³-hybridized carbons (Fsp3) is 0.970. The second kappa shape index (κ2) is 10.3. The number of carbonyl (C=O) groups is 1. The summed E-state index contributed by atoms with van der Waals surface area (Å²) < 4.78 is 6.86. The Labute approximate surface area is 230 Å². The lowest BCUT2D eigenvalue weighted by Gasteiger charge is -2.61. The Bertz CT molecular complexity index is 828. The third kappa shape index (κ3) is 5.31. The maximum absolute atomic E-state index is 13.9. The second-order valence-electron chi connectivity index (χ2n) is 16.2. The minimum absolute atomic E-state index is 0.134. The lowest BCUT2D eigenvalue weighted by atomic mass is 9.44. The smallest absolute Gasteiger partial charge is 0.192 e. The van der Waals surface area contributed by atoms with Gasteiger partial charge in [-0.3, -0.25) is 4.79 Å². The maximum atomic E-state index is 13.9. The van der Waals surface area contributed by atoms with E-state index in [1.807, 2.05) is 0 Å². The van der Waals surface area contributed by atoms with Gasteiger partial charge in [0.05, 0.1) is 5.60 Å². The van der Waals surface area contributed by atoms with Crippen LogP contribution in [0, 0.1) is 40.4 Å². The Balaban J connectivity index is 1.48. The molecule has 4 heteroatoms. The zero-order chi connectivity index (χ0) is 27.4. The van der Waals surface area contributed by atoms with Crippen molar-refractivity contribution in [2.75, 3.05) is 0 Å². The summed E-state index contributed by atoms with van der Waals surface area (Å²) in [6, 6.07) is 0. The molecule has 0 unspecified atom stereocenters. The number of fused-ring (bicyclic) bond motifs is 5. The van der Waals surface area contributed by atoms with E-state index in [1.54, 1.807) is 0 Å². The summed E-state index contributed by atoms with van der Waals surface area (Å²) >= 11 is 0. The van der Waals surface area contributed by atoms with Crippen molar-refractivity contribution in [3.63, 3.8) is 0 Å². The summed E-state index contributed by atoms with van der Waals surface area (Å²) in [4.78, 5) is 13.9. The Hall–Kier alpha value is -0.193. The number of hydrogen-bond acceptors (Lipinski definition) is 3. The molecule has 3 nitrogen and oxygen atoms in total. The first kappa shape index (κ1) is 29.8. The highest BCUT2D eigenvalue weighted by Gasteiger charge is 2.64. The van der Waals surface area contributed by atoms with Gasteiger partial charge in [-0.2, -0.15) is 0 Å². The zero-order valence-corrected chi connectivity index (χ0v) is 26.9. The number of aliphatic hydroxyl groups is 1. The molecule has 214 valence electrons. The minimum atomic E-state index is -1.83. The Morgan fingerprint density at radius 3 is 2.24 bits per heavy atom. The van der Waals surface area contributed by atoms with E-state index in [9.17, 15) is 9.90 Å². The van der Waals surface area contributed by atoms with Crippen molar-refractivity contribution < 1.29 is 14.3 Å². The van der Waals surface area contributed by atoms with Gasteiger partial charge in [0.15, 0.2) is 8.32 Å². The van der Waals surface area contributed by atoms with Crippen LogP contribution in [-0.2, 0) is 9.22 Å². The number of Topliss-reactive ketones (excluding diaryl/α,β-unsaturated/α-hetero) is 1. The summed E-state index contributed by atoms with van der Waals surface area (Å²) in [6.45, 7) is 21.0. The van der Waals surface area contributed by atoms with Crippen molar-refractivity contribution in [3.05, 3.63) is 0 Å². The highest BCUT2D eigenvalue weighted by atomic mass is 28.4. The van der Waals surface area contributed by atoms with Crippen LogP contribution < -0.4 is 0 Å². The van der Waals surface area contributed by atoms with Crippen molar-refractivity contribution >= 4 is 14.1 Å². The third-order valence-corrected chi connectivity index (χ3v) is 17.5. The van der Waals surface area contributed by atoms with Crippen LogP contribution in [0.2, 0.25) is 18.1 Å². The molecule has 0 aromatic carbocycles.